The third-order valence-corrected chi connectivity index (χ3v) is 3.66. The van der Waals surface area contributed by atoms with Crippen molar-refractivity contribution in [2.75, 3.05) is 23.3 Å². The first kappa shape index (κ1) is 14.9. The summed E-state index contributed by atoms with van der Waals surface area (Å²) in [5, 5.41) is 2.97. The number of amides is 1. The van der Waals surface area contributed by atoms with Crippen LogP contribution in [-0.4, -0.2) is 25.0 Å². The van der Waals surface area contributed by atoms with Crippen LogP contribution < -0.4 is 16.0 Å². The maximum atomic E-state index is 11.9. The molecular weight excluding hydrogens is 250 g/mol. The molecule has 0 radical (unpaired) electrons. The highest BCUT2D eigenvalue weighted by Gasteiger charge is 2.12. The van der Waals surface area contributed by atoms with Crippen molar-refractivity contribution in [3.63, 3.8) is 0 Å². The van der Waals surface area contributed by atoms with E-state index in [4.69, 9.17) is 5.73 Å². The lowest BCUT2D eigenvalue weighted by atomic mass is 10.1. The van der Waals surface area contributed by atoms with Gasteiger partial charge in [-0.1, -0.05) is 6.07 Å². The van der Waals surface area contributed by atoms with Crippen molar-refractivity contribution in [3.8, 4) is 0 Å². The summed E-state index contributed by atoms with van der Waals surface area (Å²) in [6.07, 6.45) is 4.79. The van der Waals surface area contributed by atoms with Crippen molar-refractivity contribution in [1.82, 2.24) is 0 Å². The van der Waals surface area contributed by atoms with Crippen molar-refractivity contribution in [2.24, 2.45) is 5.73 Å². The molecule has 1 saturated heterocycles. The van der Waals surface area contributed by atoms with Gasteiger partial charge >= 0.3 is 0 Å². The molecule has 1 aromatic carbocycles. The van der Waals surface area contributed by atoms with Gasteiger partial charge in [-0.25, -0.2) is 0 Å². The molecule has 1 heterocycles. The van der Waals surface area contributed by atoms with Gasteiger partial charge in [0.1, 0.15) is 0 Å². The molecule has 0 saturated carbocycles. The SMILES string of the molecule is CC(N)CCCC(=O)Nc1cccc(N2CCCC2)c1. The molecule has 1 aliphatic rings. The molecule has 4 heteroatoms. The summed E-state index contributed by atoms with van der Waals surface area (Å²) in [4.78, 5) is 14.2. The maximum absolute atomic E-state index is 11.9. The van der Waals surface area contributed by atoms with Crippen LogP contribution in [0.15, 0.2) is 24.3 Å². The van der Waals surface area contributed by atoms with E-state index in [0.717, 1.165) is 31.6 Å². The minimum Gasteiger partial charge on any atom is -0.371 e. The van der Waals surface area contributed by atoms with Gasteiger partial charge in [0, 0.05) is 36.9 Å². The highest BCUT2D eigenvalue weighted by molar-refractivity contribution is 5.91. The maximum Gasteiger partial charge on any atom is 0.224 e. The van der Waals surface area contributed by atoms with Gasteiger partial charge in [0.25, 0.3) is 0 Å². The molecule has 0 bridgehead atoms. The lowest BCUT2D eigenvalue weighted by molar-refractivity contribution is -0.116. The van der Waals surface area contributed by atoms with Crippen LogP contribution >= 0.6 is 0 Å². The molecule has 1 atom stereocenters. The quantitative estimate of drug-likeness (QED) is 0.839. The van der Waals surface area contributed by atoms with Crippen LogP contribution in [0.25, 0.3) is 0 Å². The van der Waals surface area contributed by atoms with Crippen molar-refractivity contribution in [2.45, 2.75) is 45.1 Å². The number of rotatable bonds is 6. The summed E-state index contributed by atoms with van der Waals surface area (Å²) in [6, 6.07) is 8.29. The van der Waals surface area contributed by atoms with Gasteiger partial charge in [0.2, 0.25) is 5.91 Å². The Balaban J connectivity index is 1.85. The zero-order valence-corrected chi connectivity index (χ0v) is 12.3. The lowest BCUT2D eigenvalue weighted by Crippen LogP contribution is -2.18. The van der Waals surface area contributed by atoms with Crippen molar-refractivity contribution < 1.29 is 4.79 Å². The number of nitrogens with zero attached hydrogens (tertiary/aromatic N) is 1. The van der Waals surface area contributed by atoms with E-state index < -0.39 is 0 Å². The van der Waals surface area contributed by atoms with Gasteiger partial charge in [-0.3, -0.25) is 4.79 Å². The minimum absolute atomic E-state index is 0.0734. The summed E-state index contributed by atoms with van der Waals surface area (Å²) < 4.78 is 0. The fourth-order valence-corrected chi connectivity index (χ4v) is 2.56. The Hall–Kier alpha value is -1.55. The van der Waals surface area contributed by atoms with Gasteiger partial charge < -0.3 is 16.0 Å². The predicted octanol–water partition coefficient (Wildman–Crippen LogP) is 2.74. The molecule has 0 spiro atoms. The Morgan fingerprint density at radius 2 is 2.15 bits per heavy atom. The van der Waals surface area contributed by atoms with E-state index in [0.29, 0.717) is 6.42 Å². The number of carbonyl (C=O) groups excluding carboxylic acids is 1. The van der Waals surface area contributed by atoms with E-state index in [9.17, 15) is 4.79 Å². The van der Waals surface area contributed by atoms with Crippen molar-refractivity contribution in [3.05, 3.63) is 24.3 Å². The smallest absolute Gasteiger partial charge is 0.224 e. The first-order valence-electron chi connectivity index (χ1n) is 7.55. The zero-order valence-electron chi connectivity index (χ0n) is 12.3. The van der Waals surface area contributed by atoms with E-state index in [1.165, 1.54) is 18.5 Å². The molecule has 0 aromatic heterocycles. The van der Waals surface area contributed by atoms with Crippen molar-refractivity contribution in [1.29, 1.82) is 0 Å². The summed E-state index contributed by atoms with van der Waals surface area (Å²) in [5.74, 6) is 0.0734. The largest absolute Gasteiger partial charge is 0.371 e. The highest BCUT2D eigenvalue weighted by Crippen LogP contribution is 2.23. The summed E-state index contributed by atoms with van der Waals surface area (Å²) in [7, 11) is 0. The van der Waals surface area contributed by atoms with Gasteiger partial charge in [-0.15, -0.1) is 0 Å². The molecule has 2 rings (SSSR count). The third kappa shape index (κ3) is 4.53. The average molecular weight is 275 g/mol. The number of anilines is 2. The number of benzene rings is 1. The molecule has 20 heavy (non-hydrogen) atoms. The highest BCUT2D eigenvalue weighted by atomic mass is 16.1. The number of carbonyl (C=O) groups is 1. The monoisotopic (exact) mass is 275 g/mol. The van der Waals surface area contributed by atoms with Crippen LogP contribution in [0.5, 0.6) is 0 Å². The second-order valence-electron chi connectivity index (χ2n) is 5.66. The number of nitrogens with one attached hydrogen (secondary N) is 1. The summed E-state index contributed by atoms with van der Waals surface area (Å²) >= 11 is 0. The van der Waals surface area contributed by atoms with E-state index in [1.807, 2.05) is 19.1 Å². The molecule has 1 aromatic rings. The average Bonchev–Trinajstić information content (AvgIpc) is 2.92. The molecule has 1 amide bonds. The van der Waals surface area contributed by atoms with E-state index in [2.05, 4.69) is 22.3 Å². The fourth-order valence-electron chi connectivity index (χ4n) is 2.56. The van der Waals surface area contributed by atoms with Crippen LogP contribution in [0.3, 0.4) is 0 Å². The molecule has 110 valence electrons. The number of nitrogens with two attached hydrogens (primary N) is 1. The molecule has 1 aliphatic heterocycles. The Labute approximate surface area is 121 Å². The van der Waals surface area contributed by atoms with Gasteiger partial charge in [-0.2, -0.15) is 0 Å². The van der Waals surface area contributed by atoms with Gasteiger partial charge in [-0.05, 0) is 50.8 Å². The molecule has 1 fully saturated rings. The Morgan fingerprint density at radius 1 is 1.40 bits per heavy atom. The zero-order chi connectivity index (χ0) is 14.4. The normalized spacial score (nSPS) is 16.2. The van der Waals surface area contributed by atoms with Crippen LogP contribution in [0, 0.1) is 0 Å². The first-order valence-corrected chi connectivity index (χ1v) is 7.55. The minimum atomic E-state index is 0.0734. The van der Waals surface area contributed by atoms with E-state index >= 15 is 0 Å². The fraction of sp³-hybridized carbons (Fsp3) is 0.562. The molecule has 0 aliphatic carbocycles. The molecular formula is C16H25N3O. The van der Waals surface area contributed by atoms with Crippen LogP contribution in [0.1, 0.15) is 39.0 Å². The van der Waals surface area contributed by atoms with Gasteiger partial charge in [0.15, 0.2) is 0 Å². The van der Waals surface area contributed by atoms with Crippen molar-refractivity contribution >= 4 is 17.3 Å². The van der Waals surface area contributed by atoms with Crippen LogP contribution in [0.2, 0.25) is 0 Å². The molecule has 3 N–H and O–H groups in total. The standard InChI is InChI=1S/C16H25N3O/c1-13(17)6-4-9-16(20)18-14-7-5-8-15(12-14)19-10-2-3-11-19/h5,7-8,12-13H,2-4,6,9-11,17H2,1H3,(H,18,20). The Bertz CT molecular complexity index is 439. The summed E-state index contributed by atoms with van der Waals surface area (Å²) in [6.45, 7) is 4.20. The second kappa shape index (κ2) is 7.29. The lowest BCUT2D eigenvalue weighted by Gasteiger charge is -2.18. The topological polar surface area (TPSA) is 58.4 Å². The Kier molecular flexibility index (Phi) is 5.41. The predicted molar refractivity (Wildman–Crippen MR) is 84.0 cm³/mol. The first-order chi connectivity index (χ1) is 9.65. The van der Waals surface area contributed by atoms with Gasteiger partial charge in [0.05, 0.1) is 0 Å². The number of hydrogen-bond donors (Lipinski definition) is 2. The molecule has 4 nitrogen and oxygen atoms in total. The van der Waals surface area contributed by atoms with E-state index in [-0.39, 0.29) is 11.9 Å². The summed E-state index contributed by atoms with van der Waals surface area (Å²) in [5.41, 5.74) is 7.78. The third-order valence-electron chi connectivity index (χ3n) is 3.66. The van der Waals surface area contributed by atoms with E-state index in [1.54, 1.807) is 0 Å². The molecule has 1 unspecified atom stereocenters. The second-order valence-corrected chi connectivity index (χ2v) is 5.66. The van der Waals surface area contributed by atoms with Crippen LogP contribution in [0.4, 0.5) is 11.4 Å². The Morgan fingerprint density at radius 3 is 2.85 bits per heavy atom. The number of hydrogen-bond acceptors (Lipinski definition) is 3. The van der Waals surface area contributed by atoms with Crippen LogP contribution in [-0.2, 0) is 4.79 Å².